The molecule has 8 heteroatoms. The number of halogens is 1. The predicted octanol–water partition coefficient (Wildman–Crippen LogP) is 4.34. The van der Waals surface area contributed by atoms with Gasteiger partial charge < -0.3 is 11.5 Å². The topological polar surface area (TPSA) is 93.9 Å². The van der Waals surface area contributed by atoms with Crippen LogP contribution in [-0.2, 0) is 12.0 Å². The van der Waals surface area contributed by atoms with Crippen LogP contribution in [0.3, 0.4) is 0 Å². The van der Waals surface area contributed by atoms with Gasteiger partial charge in [-0.1, -0.05) is 47.6 Å². The second-order valence-electron chi connectivity index (χ2n) is 10.1. The standard InChI is InChI=1S/C25H25ClN6S/c26-21-18(5-6-29-23(21)28)33-20-13-30-19(12-31-20)25-10-15-8-24(9-16(11-25)32(15)25)7-14-3-1-2-4-17(14)22(24)27/h1-6,12-13,15-16,22H,7-11,27H2,(H2,28,29)/t15-,16+,22-,24?,25?/m1/s1. The fourth-order valence-corrected chi connectivity index (χ4v) is 8.19. The Morgan fingerprint density at radius 2 is 1.79 bits per heavy atom. The van der Waals surface area contributed by atoms with Crippen LogP contribution in [0.4, 0.5) is 5.82 Å². The molecule has 0 saturated carbocycles. The van der Waals surface area contributed by atoms with E-state index in [9.17, 15) is 0 Å². The molecule has 3 saturated heterocycles. The molecule has 1 spiro atoms. The van der Waals surface area contributed by atoms with Crippen molar-refractivity contribution in [1.29, 1.82) is 0 Å². The smallest absolute Gasteiger partial charge is 0.143 e. The van der Waals surface area contributed by atoms with E-state index in [1.165, 1.54) is 35.7 Å². The molecular formula is C25H25ClN6S. The van der Waals surface area contributed by atoms with Crippen molar-refractivity contribution < 1.29 is 0 Å². The highest BCUT2D eigenvalue weighted by atomic mass is 35.5. The first kappa shape index (κ1) is 20.2. The van der Waals surface area contributed by atoms with Gasteiger partial charge in [0.25, 0.3) is 0 Å². The number of fused-ring (bicyclic) bond motifs is 1. The minimum atomic E-state index is 0.0709. The molecule has 3 aliphatic heterocycles. The van der Waals surface area contributed by atoms with Crippen LogP contribution in [0.2, 0.25) is 5.02 Å². The predicted molar refractivity (Wildman–Crippen MR) is 129 cm³/mol. The van der Waals surface area contributed by atoms with Crippen LogP contribution in [0, 0.1) is 5.41 Å². The van der Waals surface area contributed by atoms with Crippen molar-refractivity contribution in [3.63, 3.8) is 0 Å². The third-order valence-corrected chi connectivity index (χ3v) is 9.99. The Hall–Kier alpha value is -2.19. The van der Waals surface area contributed by atoms with Gasteiger partial charge in [-0.15, -0.1) is 0 Å². The number of piperidine rings is 2. The van der Waals surface area contributed by atoms with Crippen molar-refractivity contribution in [3.05, 3.63) is 70.8 Å². The van der Waals surface area contributed by atoms with Crippen molar-refractivity contribution in [3.8, 4) is 0 Å². The minimum absolute atomic E-state index is 0.0709. The zero-order chi connectivity index (χ0) is 22.4. The van der Waals surface area contributed by atoms with Gasteiger partial charge in [-0.2, -0.15) is 0 Å². The first-order valence-corrected chi connectivity index (χ1v) is 12.7. The Labute approximate surface area is 202 Å². The molecule has 5 heterocycles. The fraction of sp³-hybridized carbons (Fsp3) is 0.400. The van der Waals surface area contributed by atoms with E-state index in [2.05, 4.69) is 34.1 Å². The summed E-state index contributed by atoms with van der Waals surface area (Å²) in [6.45, 7) is 0. The highest BCUT2D eigenvalue weighted by molar-refractivity contribution is 7.99. The number of aromatic nitrogens is 3. The SMILES string of the molecule is Nc1nccc(Sc2cnc(C34C[C@H]5CC6(Cc7ccccc7[C@H]6N)C[C@@H](C3)N54)cn2)c1Cl. The van der Waals surface area contributed by atoms with E-state index in [1.54, 1.807) is 6.20 Å². The maximum absolute atomic E-state index is 6.85. The maximum atomic E-state index is 6.85. The van der Waals surface area contributed by atoms with Gasteiger partial charge >= 0.3 is 0 Å². The number of nitrogen functional groups attached to an aromatic ring is 1. The number of anilines is 1. The van der Waals surface area contributed by atoms with E-state index in [0.717, 1.165) is 34.9 Å². The molecule has 3 aromatic rings. The van der Waals surface area contributed by atoms with Gasteiger partial charge in [0.05, 0.1) is 28.6 Å². The summed E-state index contributed by atoms with van der Waals surface area (Å²) in [4.78, 5) is 17.1. The second kappa shape index (κ2) is 6.92. The lowest BCUT2D eigenvalue weighted by atomic mass is 9.52. The van der Waals surface area contributed by atoms with Gasteiger partial charge in [0.1, 0.15) is 10.8 Å². The summed E-state index contributed by atoms with van der Waals surface area (Å²) in [5.41, 5.74) is 16.9. The molecule has 3 fully saturated rings. The second-order valence-corrected chi connectivity index (χ2v) is 11.6. The Kier molecular flexibility index (Phi) is 4.24. The number of pyridine rings is 1. The molecule has 7 rings (SSSR count). The molecule has 5 atom stereocenters. The fourth-order valence-electron chi connectivity index (χ4n) is 7.20. The summed E-state index contributed by atoms with van der Waals surface area (Å²) in [6.07, 6.45) is 11.3. The van der Waals surface area contributed by atoms with E-state index in [1.807, 2.05) is 18.5 Å². The molecule has 33 heavy (non-hydrogen) atoms. The van der Waals surface area contributed by atoms with Crippen molar-refractivity contribution >= 4 is 29.2 Å². The lowest BCUT2D eigenvalue weighted by Gasteiger charge is -2.74. The molecule has 0 amide bonds. The molecule has 2 aromatic heterocycles. The molecule has 1 aliphatic carbocycles. The molecule has 1 aromatic carbocycles. The quantitative estimate of drug-likeness (QED) is 0.580. The molecular weight excluding hydrogens is 452 g/mol. The van der Waals surface area contributed by atoms with Crippen molar-refractivity contribution in [2.24, 2.45) is 11.1 Å². The van der Waals surface area contributed by atoms with E-state index < -0.39 is 0 Å². The molecule has 6 nitrogen and oxygen atoms in total. The van der Waals surface area contributed by atoms with Crippen molar-refractivity contribution in [1.82, 2.24) is 19.9 Å². The first-order chi connectivity index (χ1) is 16.0. The van der Waals surface area contributed by atoms with Crippen LogP contribution in [0.1, 0.15) is 48.5 Å². The number of rotatable bonds is 3. The molecule has 168 valence electrons. The minimum Gasteiger partial charge on any atom is -0.382 e. The van der Waals surface area contributed by atoms with Crippen molar-refractivity contribution in [2.75, 3.05) is 5.73 Å². The van der Waals surface area contributed by atoms with Crippen LogP contribution < -0.4 is 11.5 Å². The highest BCUT2D eigenvalue weighted by Crippen LogP contribution is 2.67. The summed E-state index contributed by atoms with van der Waals surface area (Å²) < 4.78 is 0. The largest absolute Gasteiger partial charge is 0.382 e. The Morgan fingerprint density at radius 3 is 2.52 bits per heavy atom. The summed E-state index contributed by atoms with van der Waals surface area (Å²) >= 11 is 7.74. The van der Waals surface area contributed by atoms with Crippen LogP contribution in [0.25, 0.3) is 0 Å². The van der Waals surface area contributed by atoms with Gasteiger partial charge in [-0.25, -0.2) is 9.97 Å². The zero-order valence-electron chi connectivity index (χ0n) is 18.1. The average Bonchev–Trinajstić information content (AvgIpc) is 3.06. The summed E-state index contributed by atoms with van der Waals surface area (Å²) in [5.74, 6) is 0.333. The lowest BCUT2D eigenvalue weighted by Crippen LogP contribution is -2.80. The van der Waals surface area contributed by atoms with Gasteiger partial charge in [0.2, 0.25) is 0 Å². The van der Waals surface area contributed by atoms with Gasteiger partial charge in [0, 0.05) is 29.2 Å². The number of hydrogen-bond acceptors (Lipinski definition) is 7. The van der Waals surface area contributed by atoms with Gasteiger partial charge in [0.15, 0.2) is 0 Å². The first-order valence-electron chi connectivity index (χ1n) is 11.5. The summed E-state index contributed by atoms with van der Waals surface area (Å²) in [7, 11) is 0. The zero-order valence-corrected chi connectivity index (χ0v) is 19.7. The number of hydrogen-bond donors (Lipinski definition) is 2. The third kappa shape index (κ3) is 2.74. The van der Waals surface area contributed by atoms with Crippen molar-refractivity contribution in [2.45, 2.75) is 65.7 Å². The van der Waals surface area contributed by atoms with Crippen LogP contribution in [-0.4, -0.2) is 31.9 Å². The molecule has 0 bridgehead atoms. The molecule has 4 N–H and O–H groups in total. The van der Waals surface area contributed by atoms with E-state index >= 15 is 0 Å². The average molecular weight is 477 g/mol. The summed E-state index contributed by atoms with van der Waals surface area (Å²) in [5, 5.41) is 1.27. The van der Waals surface area contributed by atoms with E-state index in [-0.39, 0.29) is 17.0 Å². The normalized spacial score (nSPS) is 33.8. The van der Waals surface area contributed by atoms with E-state index in [0.29, 0.717) is 22.9 Å². The number of benzene rings is 1. The summed E-state index contributed by atoms with van der Waals surface area (Å²) in [6, 6.07) is 12.0. The highest BCUT2D eigenvalue weighted by Gasteiger charge is 2.70. The Bertz CT molecular complexity index is 1250. The van der Waals surface area contributed by atoms with Gasteiger partial charge in [-0.05, 0) is 54.7 Å². The van der Waals surface area contributed by atoms with Crippen LogP contribution in [0.5, 0.6) is 0 Å². The third-order valence-electron chi connectivity index (χ3n) is 8.50. The monoisotopic (exact) mass is 476 g/mol. The van der Waals surface area contributed by atoms with E-state index in [4.69, 9.17) is 33.0 Å². The lowest BCUT2D eigenvalue weighted by molar-refractivity contribution is -0.253. The molecule has 2 unspecified atom stereocenters. The Balaban J connectivity index is 1.09. The Morgan fingerprint density at radius 1 is 1.00 bits per heavy atom. The molecule has 4 aliphatic rings. The van der Waals surface area contributed by atoms with Crippen LogP contribution in [0.15, 0.2) is 58.8 Å². The molecule has 0 radical (unpaired) electrons. The number of nitrogens with two attached hydrogens (primary N) is 2. The van der Waals surface area contributed by atoms with Crippen LogP contribution >= 0.6 is 23.4 Å². The number of nitrogens with zero attached hydrogens (tertiary/aromatic N) is 4. The van der Waals surface area contributed by atoms with Gasteiger partial charge in [-0.3, -0.25) is 9.88 Å². The maximum Gasteiger partial charge on any atom is 0.143 e.